The number of hydrogen-bond acceptors (Lipinski definition) is 3. The molecule has 0 aromatic heterocycles. The van der Waals surface area contributed by atoms with Gasteiger partial charge >= 0.3 is 0 Å². The van der Waals surface area contributed by atoms with Crippen LogP contribution in [0.4, 0.5) is 5.69 Å². The Morgan fingerprint density at radius 3 is 2.00 bits per heavy atom. The molecule has 1 N–H and O–H groups in total. The van der Waals surface area contributed by atoms with Gasteiger partial charge < -0.3 is 5.32 Å². The van der Waals surface area contributed by atoms with Gasteiger partial charge in [-0.25, -0.2) is 8.42 Å². The zero-order valence-corrected chi connectivity index (χ0v) is 22.0. The predicted octanol–water partition coefficient (Wildman–Crippen LogP) is 5.36. The summed E-state index contributed by atoms with van der Waals surface area (Å²) in [6, 6.07) is 16.0. The summed E-state index contributed by atoms with van der Waals surface area (Å²) in [5.74, 6) is 2.26. The van der Waals surface area contributed by atoms with E-state index in [1.807, 2.05) is 31.2 Å². The molecule has 4 aliphatic carbocycles. The van der Waals surface area contributed by atoms with Gasteiger partial charge in [0.2, 0.25) is 15.9 Å². The molecule has 0 unspecified atom stereocenters. The molecule has 35 heavy (non-hydrogen) atoms. The highest BCUT2D eigenvalue weighted by atomic mass is 32.2. The number of nitrogens with zero attached hydrogens (tertiary/aromatic N) is 1. The van der Waals surface area contributed by atoms with Crippen molar-refractivity contribution in [2.24, 2.45) is 17.8 Å². The lowest BCUT2D eigenvalue weighted by molar-refractivity contribution is -0.120. The van der Waals surface area contributed by atoms with E-state index < -0.39 is 10.0 Å². The lowest BCUT2D eigenvalue weighted by atomic mass is 9.48. The van der Waals surface area contributed by atoms with Gasteiger partial charge in [-0.15, -0.1) is 0 Å². The van der Waals surface area contributed by atoms with Crippen LogP contribution in [-0.2, 0) is 26.7 Å². The summed E-state index contributed by atoms with van der Waals surface area (Å²) in [6.45, 7) is 3.80. The molecule has 4 saturated carbocycles. The Bertz CT molecular complexity index is 1140. The largest absolute Gasteiger partial charge is 0.348 e. The minimum absolute atomic E-state index is 0.201. The summed E-state index contributed by atoms with van der Waals surface area (Å²) in [6.07, 6.45) is 10.1. The lowest BCUT2D eigenvalue weighted by Gasteiger charge is -2.57. The first kappa shape index (κ1) is 24.4. The standard InChI is InChI=1S/C29H38N2O3S/c1-4-21-5-7-25(8-6-21)20(2)30-28(32)19-31(35(3,33)34)27-11-9-26(10-12-27)29-16-22-13-23(17-29)15-24(14-22)18-29/h5-12,20,22-24H,4,13-19H2,1-3H3,(H,30,32)/t20-,22?,23?,24?,29?/m0/s1. The molecule has 2 aromatic rings. The normalized spacial score (nSPS) is 28.0. The fraction of sp³-hybridized carbons (Fsp3) is 0.552. The molecule has 4 aliphatic rings. The van der Waals surface area contributed by atoms with E-state index in [9.17, 15) is 13.2 Å². The Hall–Kier alpha value is -2.34. The lowest BCUT2D eigenvalue weighted by Crippen LogP contribution is -2.48. The molecule has 1 amide bonds. The van der Waals surface area contributed by atoms with Crippen LogP contribution in [0.25, 0.3) is 0 Å². The van der Waals surface area contributed by atoms with Gasteiger partial charge in [0.1, 0.15) is 6.54 Å². The number of sulfonamides is 1. The molecule has 6 heteroatoms. The number of nitrogens with one attached hydrogen (secondary N) is 1. The summed E-state index contributed by atoms with van der Waals surface area (Å²) >= 11 is 0. The minimum Gasteiger partial charge on any atom is -0.348 e. The monoisotopic (exact) mass is 494 g/mol. The molecular formula is C29H38N2O3S. The van der Waals surface area contributed by atoms with Crippen LogP contribution in [0.15, 0.2) is 48.5 Å². The number of carbonyl (C=O) groups is 1. The topological polar surface area (TPSA) is 66.5 Å². The molecule has 2 aromatic carbocycles. The Morgan fingerprint density at radius 2 is 1.51 bits per heavy atom. The molecule has 188 valence electrons. The summed E-state index contributed by atoms with van der Waals surface area (Å²) in [5, 5.41) is 2.96. The van der Waals surface area contributed by atoms with Crippen molar-refractivity contribution in [3.8, 4) is 0 Å². The van der Waals surface area contributed by atoms with Gasteiger partial charge in [-0.1, -0.05) is 43.3 Å². The van der Waals surface area contributed by atoms with Crippen LogP contribution in [0.5, 0.6) is 0 Å². The van der Waals surface area contributed by atoms with Gasteiger partial charge in [-0.3, -0.25) is 9.10 Å². The number of carbonyl (C=O) groups excluding carboxylic acids is 1. The maximum atomic E-state index is 12.9. The molecule has 1 atom stereocenters. The van der Waals surface area contributed by atoms with Gasteiger partial charge in [0, 0.05) is 0 Å². The van der Waals surface area contributed by atoms with Crippen LogP contribution in [0.1, 0.15) is 75.1 Å². The van der Waals surface area contributed by atoms with Gasteiger partial charge in [-0.2, -0.15) is 0 Å². The molecule has 0 heterocycles. The van der Waals surface area contributed by atoms with Crippen molar-refractivity contribution < 1.29 is 13.2 Å². The Kier molecular flexibility index (Phi) is 6.45. The molecular weight excluding hydrogens is 456 g/mol. The molecule has 0 aliphatic heterocycles. The summed E-state index contributed by atoms with van der Waals surface area (Å²) < 4.78 is 26.5. The zero-order chi connectivity index (χ0) is 24.8. The van der Waals surface area contributed by atoms with Crippen LogP contribution < -0.4 is 9.62 Å². The number of hydrogen-bond donors (Lipinski definition) is 1. The smallest absolute Gasteiger partial charge is 0.241 e. The van der Waals surface area contributed by atoms with Crippen LogP contribution in [-0.4, -0.2) is 27.1 Å². The van der Waals surface area contributed by atoms with Crippen LogP contribution in [0, 0.1) is 17.8 Å². The van der Waals surface area contributed by atoms with Crippen molar-refractivity contribution in [3.63, 3.8) is 0 Å². The fourth-order valence-electron chi connectivity index (χ4n) is 7.39. The minimum atomic E-state index is -3.61. The highest BCUT2D eigenvalue weighted by Gasteiger charge is 2.51. The average Bonchev–Trinajstić information content (AvgIpc) is 2.81. The second-order valence-electron chi connectivity index (χ2n) is 11.4. The third kappa shape index (κ3) is 5.00. The van der Waals surface area contributed by atoms with Gasteiger partial charge in [-0.05, 0) is 104 Å². The quantitative estimate of drug-likeness (QED) is 0.537. The second-order valence-corrected chi connectivity index (χ2v) is 13.3. The number of amides is 1. The third-order valence-corrected chi connectivity index (χ3v) is 9.90. The number of anilines is 1. The van der Waals surface area contributed by atoms with Gasteiger partial charge in [0.05, 0.1) is 18.0 Å². The summed E-state index contributed by atoms with van der Waals surface area (Å²) in [5.41, 5.74) is 4.41. The van der Waals surface area contributed by atoms with E-state index in [0.29, 0.717) is 5.69 Å². The molecule has 4 fully saturated rings. The van der Waals surface area contributed by atoms with E-state index in [1.165, 1.54) is 60.2 Å². The Labute approximate surface area is 210 Å². The Balaban J connectivity index is 1.29. The predicted molar refractivity (Wildman–Crippen MR) is 141 cm³/mol. The van der Waals surface area contributed by atoms with Crippen LogP contribution >= 0.6 is 0 Å². The van der Waals surface area contributed by atoms with Crippen molar-refractivity contribution in [1.82, 2.24) is 5.32 Å². The molecule has 4 bridgehead atoms. The summed E-state index contributed by atoms with van der Waals surface area (Å²) in [7, 11) is -3.61. The Morgan fingerprint density at radius 1 is 0.971 bits per heavy atom. The van der Waals surface area contributed by atoms with E-state index in [1.54, 1.807) is 0 Å². The van der Waals surface area contributed by atoms with E-state index >= 15 is 0 Å². The highest BCUT2D eigenvalue weighted by molar-refractivity contribution is 7.92. The highest BCUT2D eigenvalue weighted by Crippen LogP contribution is 2.60. The maximum Gasteiger partial charge on any atom is 0.241 e. The van der Waals surface area contributed by atoms with Crippen molar-refractivity contribution in [2.75, 3.05) is 17.1 Å². The number of rotatable bonds is 8. The van der Waals surface area contributed by atoms with E-state index in [-0.39, 0.29) is 23.9 Å². The first-order valence-electron chi connectivity index (χ1n) is 13.1. The summed E-state index contributed by atoms with van der Waals surface area (Å²) in [4.78, 5) is 12.9. The molecule has 0 saturated heterocycles. The van der Waals surface area contributed by atoms with Crippen LogP contribution in [0.2, 0.25) is 0 Å². The first-order valence-corrected chi connectivity index (χ1v) is 15.0. The third-order valence-electron chi connectivity index (χ3n) is 8.76. The van der Waals surface area contributed by atoms with E-state index in [0.717, 1.165) is 29.7 Å². The van der Waals surface area contributed by atoms with Gasteiger partial charge in [0.15, 0.2) is 0 Å². The van der Waals surface area contributed by atoms with Gasteiger partial charge in [0.25, 0.3) is 0 Å². The van der Waals surface area contributed by atoms with Crippen molar-refractivity contribution in [2.45, 2.75) is 70.3 Å². The molecule has 0 radical (unpaired) electrons. The maximum absolute atomic E-state index is 12.9. The zero-order valence-electron chi connectivity index (χ0n) is 21.2. The van der Waals surface area contributed by atoms with Crippen LogP contribution in [0.3, 0.4) is 0 Å². The number of aryl methyl sites for hydroxylation is 1. The second kappa shape index (κ2) is 9.27. The van der Waals surface area contributed by atoms with Crippen molar-refractivity contribution >= 4 is 21.6 Å². The van der Waals surface area contributed by atoms with E-state index in [2.05, 4.69) is 36.5 Å². The SMILES string of the molecule is CCc1ccc([C@H](C)NC(=O)CN(c2ccc(C34CC5CC(CC(C5)C3)C4)cc2)S(C)(=O)=O)cc1. The van der Waals surface area contributed by atoms with E-state index in [4.69, 9.17) is 0 Å². The number of benzene rings is 2. The fourth-order valence-corrected chi connectivity index (χ4v) is 8.24. The average molecular weight is 495 g/mol. The molecule has 5 nitrogen and oxygen atoms in total. The molecule has 6 rings (SSSR count). The molecule has 0 spiro atoms. The van der Waals surface area contributed by atoms with Crippen molar-refractivity contribution in [1.29, 1.82) is 0 Å². The van der Waals surface area contributed by atoms with Crippen molar-refractivity contribution in [3.05, 3.63) is 65.2 Å². The first-order chi connectivity index (χ1) is 16.6.